The molecular weight excluding hydrogens is 609 g/mol. The fraction of sp³-hybridized carbons (Fsp3) is 0.0652. The van der Waals surface area contributed by atoms with Gasteiger partial charge in [-0.25, -0.2) is 4.98 Å². The minimum atomic E-state index is -0.204. The molecule has 7 aromatic carbocycles. The Hall–Kier alpha value is -6.39. The Morgan fingerprint density at radius 3 is 1.72 bits per heavy atom. The van der Waals surface area contributed by atoms with E-state index in [1.54, 1.807) is 0 Å². The molecule has 0 amide bonds. The normalized spacial score (nSPS) is 13.6. The maximum Gasteiger partial charge on any atom is 0.238 e. The number of hydrogen-bond donors (Lipinski definition) is 0. The van der Waals surface area contributed by atoms with Gasteiger partial charge >= 0.3 is 0 Å². The average Bonchev–Trinajstić information content (AvgIpc) is 3.57. The predicted molar refractivity (Wildman–Crippen MR) is 205 cm³/mol. The third kappa shape index (κ3) is 3.57. The zero-order valence-corrected chi connectivity index (χ0v) is 27.6. The predicted octanol–water partition coefficient (Wildman–Crippen LogP) is 11.4. The molecule has 0 radical (unpaired) electrons. The lowest BCUT2D eigenvalue weighted by Gasteiger charge is -2.23. The van der Waals surface area contributed by atoms with Gasteiger partial charge in [-0.1, -0.05) is 147 Å². The van der Waals surface area contributed by atoms with Crippen LogP contribution in [0.3, 0.4) is 0 Å². The van der Waals surface area contributed by atoms with Gasteiger partial charge in [0.1, 0.15) is 0 Å². The largest absolute Gasteiger partial charge is 0.278 e. The van der Waals surface area contributed by atoms with Crippen molar-refractivity contribution in [3.63, 3.8) is 0 Å². The van der Waals surface area contributed by atoms with E-state index in [2.05, 4.69) is 128 Å². The lowest BCUT2D eigenvalue weighted by molar-refractivity contribution is 0.661. The van der Waals surface area contributed by atoms with Crippen LogP contribution in [0.25, 0.3) is 94.7 Å². The maximum absolute atomic E-state index is 5.27. The lowest BCUT2D eigenvalue weighted by atomic mass is 9.81. The van der Waals surface area contributed by atoms with Crippen molar-refractivity contribution in [3.8, 4) is 62.1 Å². The summed E-state index contributed by atoms with van der Waals surface area (Å²) in [5.74, 6) is 1.91. The number of nitrogens with zero attached hydrogens (tertiary/aromatic N) is 4. The van der Waals surface area contributed by atoms with Gasteiger partial charge in [0.15, 0.2) is 11.6 Å². The fourth-order valence-corrected chi connectivity index (χ4v) is 8.76. The summed E-state index contributed by atoms with van der Waals surface area (Å²) in [6, 6.07) is 52.1. The second kappa shape index (κ2) is 9.83. The third-order valence-corrected chi connectivity index (χ3v) is 11.0. The van der Waals surface area contributed by atoms with Crippen molar-refractivity contribution in [2.45, 2.75) is 19.3 Å². The molecule has 9 aromatic rings. The molecular formula is C46H30N4. The molecule has 0 fully saturated rings. The molecule has 0 saturated heterocycles. The van der Waals surface area contributed by atoms with E-state index in [1.165, 1.54) is 66.1 Å². The van der Waals surface area contributed by atoms with E-state index in [1.807, 2.05) is 36.4 Å². The molecule has 0 bridgehead atoms. The quantitative estimate of drug-likeness (QED) is 0.193. The van der Waals surface area contributed by atoms with Crippen molar-refractivity contribution in [1.29, 1.82) is 0 Å². The zero-order valence-electron chi connectivity index (χ0n) is 27.6. The van der Waals surface area contributed by atoms with Crippen LogP contribution in [0.5, 0.6) is 0 Å². The van der Waals surface area contributed by atoms with Gasteiger partial charge in [0.25, 0.3) is 0 Å². The van der Waals surface area contributed by atoms with Crippen molar-refractivity contribution >= 4 is 32.6 Å². The highest BCUT2D eigenvalue weighted by atomic mass is 15.2. The zero-order chi connectivity index (χ0) is 33.1. The van der Waals surface area contributed by atoms with Crippen LogP contribution in [0.4, 0.5) is 0 Å². The lowest BCUT2D eigenvalue weighted by Crippen LogP contribution is -2.15. The monoisotopic (exact) mass is 638 g/mol. The highest BCUT2D eigenvalue weighted by Gasteiger charge is 2.40. The second-order valence-electron chi connectivity index (χ2n) is 14.0. The SMILES string of the molecule is CC1(C)c2ccccc2-c2c1cc1c3c2-c2cccc4cccc(c24)-c2cccc(c23)n1-c1nc(-c2ccccc2)nc(-c2ccccc2)n1. The molecule has 234 valence electrons. The van der Waals surface area contributed by atoms with E-state index in [4.69, 9.17) is 15.0 Å². The van der Waals surface area contributed by atoms with Gasteiger partial charge in [0.05, 0.1) is 11.0 Å². The summed E-state index contributed by atoms with van der Waals surface area (Å²) < 4.78 is 2.30. The van der Waals surface area contributed by atoms with Gasteiger partial charge in [-0.15, -0.1) is 0 Å². The number of aromatic nitrogens is 4. The van der Waals surface area contributed by atoms with E-state index in [-0.39, 0.29) is 5.41 Å². The van der Waals surface area contributed by atoms with Crippen LogP contribution < -0.4 is 0 Å². The number of fused-ring (bicyclic) bond motifs is 6. The van der Waals surface area contributed by atoms with E-state index in [9.17, 15) is 0 Å². The van der Waals surface area contributed by atoms with E-state index < -0.39 is 0 Å². The first-order valence-electron chi connectivity index (χ1n) is 17.2. The summed E-state index contributed by atoms with van der Waals surface area (Å²) in [7, 11) is 0. The minimum absolute atomic E-state index is 0.204. The molecule has 0 saturated carbocycles. The molecule has 2 aliphatic carbocycles. The highest BCUT2D eigenvalue weighted by Crippen LogP contribution is 2.58. The molecule has 50 heavy (non-hydrogen) atoms. The Balaban J connectivity index is 1.36. The van der Waals surface area contributed by atoms with Crippen molar-refractivity contribution in [2.75, 3.05) is 0 Å². The highest BCUT2D eigenvalue weighted by molar-refractivity contribution is 6.29. The van der Waals surface area contributed by atoms with E-state index in [0.717, 1.165) is 22.2 Å². The molecule has 2 aliphatic rings. The Morgan fingerprint density at radius 1 is 0.440 bits per heavy atom. The average molecular weight is 639 g/mol. The molecule has 11 rings (SSSR count). The minimum Gasteiger partial charge on any atom is -0.278 e. The molecule has 0 N–H and O–H groups in total. The van der Waals surface area contributed by atoms with Crippen LogP contribution in [0.1, 0.15) is 25.0 Å². The van der Waals surface area contributed by atoms with Gasteiger partial charge < -0.3 is 0 Å². The van der Waals surface area contributed by atoms with Gasteiger partial charge in [0, 0.05) is 32.9 Å². The van der Waals surface area contributed by atoms with Crippen molar-refractivity contribution in [1.82, 2.24) is 19.5 Å². The van der Waals surface area contributed by atoms with Gasteiger partial charge in [-0.3, -0.25) is 4.57 Å². The summed E-state index contributed by atoms with van der Waals surface area (Å²) >= 11 is 0. The summed E-state index contributed by atoms with van der Waals surface area (Å²) in [6.07, 6.45) is 0. The molecule has 4 nitrogen and oxygen atoms in total. The summed E-state index contributed by atoms with van der Waals surface area (Å²) in [5, 5.41) is 5.03. The number of hydrogen-bond acceptors (Lipinski definition) is 3. The number of benzene rings is 7. The first kappa shape index (κ1) is 27.5. The summed E-state index contributed by atoms with van der Waals surface area (Å²) in [6.45, 7) is 4.73. The first-order valence-corrected chi connectivity index (χ1v) is 17.2. The van der Waals surface area contributed by atoms with E-state index >= 15 is 0 Å². The van der Waals surface area contributed by atoms with E-state index in [0.29, 0.717) is 17.6 Å². The third-order valence-electron chi connectivity index (χ3n) is 11.0. The molecule has 0 spiro atoms. The summed E-state index contributed by atoms with van der Waals surface area (Å²) in [5.41, 5.74) is 14.3. The van der Waals surface area contributed by atoms with Crippen LogP contribution in [-0.4, -0.2) is 19.5 Å². The smallest absolute Gasteiger partial charge is 0.238 e. The number of rotatable bonds is 3. The maximum atomic E-state index is 5.27. The molecule has 0 aliphatic heterocycles. The summed E-state index contributed by atoms with van der Waals surface area (Å²) in [4.78, 5) is 15.6. The Bertz CT molecular complexity index is 2820. The standard InChI is InChI=1S/C46H30N4/c1-46(2)34-24-10-9-20-32(34)39-35(46)26-37-42-40-31(30-21-11-18-27-19-12-23-33(38(27)30)41(39)42)22-13-25-36(40)50(37)45-48-43(28-14-5-3-6-15-28)47-44(49-45)29-16-7-4-8-17-29/h3-26H,1-2H3. The van der Waals surface area contributed by atoms with Crippen LogP contribution in [0, 0.1) is 0 Å². The van der Waals surface area contributed by atoms with Crippen molar-refractivity contribution in [2.24, 2.45) is 0 Å². The first-order chi connectivity index (χ1) is 24.6. The van der Waals surface area contributed by atoms with Crippen LogP contribution >= 0.6 is 0 Å². The fourth-order valence-electron chi connectivity index (χ4n) is 8.76. The Morgan fingerprint density at radius 2 is 1.02 bits per heavy atom. The van der Waals surface area contributed by atoms with Crippen molar-refractivity contribution in [3.05, 3.63) is 157 Å². The molecule has 2 aromatic heterocycles. The van der Waals surface area contributed by atoms with Crippen LogP contribution in [0.2, 0.25) is 0 Å². The topological polar surface area (TPSA) is 43.6 Å². The van der Waals surface area contributed by atoms with Gasteiger partial charge in [-0.2, -0.15) is 9.97 Å². The Labute approximate surface area is 289 Å². The van der Waals surface area contributed by atoms with Gasteiger partial charge in [-0.05, 0) is 61.8 Å². The Kier molecular flexibility index (Phi) is 5.42. The molecule has 0 unspecified atom stereocenters. The van der Waals surface area contributed by atoms with Crippen LogP contribution in [-0.2, 0) is 5.41 Å². The molecule has 0 atom stereocenters. The van der Waals surface area contributed by atoms with Crippen LogP contribution in [0.15, 0.2) is 146 Å². The van der Waals surface area contributed by atoms with Crippen molar-refractivity contribution < 1.29 is 0 Å². The molecule has 4 heteroatoms. The second-order valence-corrected chi connectivity index (χ2v) is 14.0. The molecule has 2 heterocycles. The van der Waals surface area contributed by atoms with Gasteiger partial charge in [0.2, 0.25) is 5.95 Å².